The number of rotatable bonds is 4. The fraction of sp³-hybridized carbons (Fsp3) is 0.750. The minimum Gasteiger partial charge on any atom is -0.481 e. The van der Waals surface area contributed by atoms with E-state index in [0.717, 1.165) is 6.42 Å². The molecule has 102 valence electrons. The van der Waals surface area contributed by atoms with Crippen LogP contribution in [-0.2, 0) is 14.4 Å². The summed E-state index contributed by atoms with van der Waals surface area (Å²) in [6, 6.07) is 0. The van der Waals surface area contributed by atoms with Gasteiger partial charge in [-0.15, -0.1) is 0 Å². The summed E-state index contributed by atoms with van der Waals surface area (Å²) in [7, 11) is 0. The van der Waals surface area contributed by atoms with Crippen LogP contribution in [0.5, 0.6) is 0 Å². The van der Waals surface area contributed by atoms with Gasteiger partial charge in [0.15, 0.2) is 0 Å². The van der Waals surface area contributed by atoms with Gasteiger partial charge < -0.3 is 15.7 Å². The first-order chi connectivity index (χ1) is 8.24. The monoisotopic (exact) mass is 256 g/mol. The Kier molecular flexibility index (Phi) is 4.32. The summed E-state index contributed by atoms with van der Waals surface area (Å²) in [5.41, 5.74) is 4.15. The van der Waals surface area contributed by atoms with E-state index in [1.165, 1.54) is 13.8 Å². The van der Waals surface area contributed by atoms with Crippen molar-refractivity contribution in [2.75, 3.05) is 13.1 Å². The molecule has 18 heavy (non-hydrogen) atoms. The van der Waals surface area contributed by atoms with Crippen molar-refractivity contribution < 1.29 is 19.5 Å². The van der Waals surface area contributed by atoms with Gasteiger partial charge in [-0.1, -0.05) is 0 Å². The highest BCUT2D eigenvalue weighted by molar-refractivity contribution is 5.85. The number of likely N-dealkylation sites (tertiary alicyclic amines) is 1. The van der Waals surface area contributed by atoms with Gasteiger partial charge in [-0.25, -0.2) is 0 Å². The van der Waals surface area contributed by atoms with Gasteiger partial charge in [0.1, 0.15) is 0 Å². The zero-order chi connectivity index (χ0) is 13.9. The van der Waals surface area contributed by atoms with Crippen LogP contribution in [-0.4, -0.2) is 40.9 Å². The summed E-state index contributed by atoms with van der Waals surface area (Å²) in [5, 5.41) is 8.98. The number of hydrogen-bond donors (Lipinski definition) is 2. The molecule has 1 unspecified atom stereocenters. The fourth-order valence-electron chi connectivity index (χ4n) is 2.00. The number of carbonyl (C=O) groups is 3. The number of carboxylic acids is 1. The zero-order valence-electron chi connectivity index (χ0n) is 10.8. The van der Waals surface area contributed by atoms with Crippen LogP contribution in [0.3, 0.4) is 0 Å². The summed E-state index contributed by atoms with van der Waals surface area (Å²) < 4.78 is 0. The lowest BCUT2D eigenvalue weighted by Crippen LogP contribution is -2.45. The lowest BCUT2D eigenvalue weighted by molar-refractivity contribution is -0.152. The summed E-state index contributed by atoms with van der Waals surface area (Å²) >= 11 is 0. The van der Waals surface area contributed by atoms with E-state index in [1.54, 1.807) is 4.90 Å². The number of aliphatic carboxylic acids is 1. The lowest BCUT2D eigenvalue weighted by atomic mass is 9.88. The van der Waals surface area contributed by atoms with Crippen LogP contribution in [0, 0.1) is 11.3 Å². The Morgan fingerprint density at radius 2 is 2.00 bits per heavy atom. The van der Waals surface area contributed by atoms with Crippen LogP contribution in [0.2, 0.25) is 0 Å². The molecular formula is C12H20N2O4. The predicted octanol–water partition coefficient (Wildman–Crippen LogP) is 0.211. The Morgan fingerprint density at radius 3 is 2.50 bits per heavy atom. The van der Waals surface area contributed by atoms with E-state index in [0.29, 0.717) is 19.5 Å². The first-order valence-corrected chi connectivity index (χ1v) is 6.04. The van der Waals surface area contributed by atoms with Crippen molar-refractivity contribution in [3.63, 3.8) is 0 Å². The number of hydrogen-bond acceptors (Lipinski definition) is 3. The number of amides is 2. The van der Waals surface area contributed by atoms with Crippen LogP contribution in [0.1, 0.15) is 33.1 Å². The Labute approximate surface area is 106 Å². The van der Waals surface area contributed by atoms with Crippen LogP contribution >= 0.6 is 0 Å². The first kappa shape index (κ1) is 14.5. The van der Waals surface area contributed by atoms with Crippen molar-refractivity contribution >= 4 is 17.8 Å². The number of carboxylic acid groups (broad SMARTS) is 1. The van der Waals surface area contributed by atoms with Gasteiger partial charge in [0.25, 0.3) is 0 Å². The molecule has 6 heteroatoms. The number of carbonyl (C=O) groups excluding carboxylic acids is 2. The molecule has 1 atom stereocenters. The van der Waals surface area contributed by atoms with E-state index in [1.807, 2.05) is 0 Å². The molecule has 0 bridgehead atoms. The van der Waals surface area contributed by atoms with E-state index < -0.39 is 17.3 Å². The van der Waals surface area contributed by atoms with Gasteiger partial charge >= 0.3 is 5.97 Å². The Morgan fingerprint density at radius 1 is 1.39 bits per heavy atom. The van der Waals surface area contributed by atoms with Crippen molar-refractivity contribution in [2.24, 2.45) is 17.1 Å². The predicted molar refractivity (Wildman–Crippen MR) is 64.5 cm³/mol. The van der Waals surface area contributed by atoms with Crippen LogP contribution in [0.25, 0.3) is 0 Å². The highest BCUT2D eigenvalue weighted by Crippen LogP contribution is 2.24. The largest absolute Gasteiger partial charge is 0.481 e. The summed E-state index contributed by atoms with van der Waals surface area (Å²) in [6.45, 7) is 3.91. The molecule has 0 radical (unpaired) electrons. The maximum absolute atomic E-state index is 12.0. The van der Waals surface area contributed by atoms with Crippen molar-refractivity contribution in [3.8, 4) is 0 Å². The Hall–Kier alpha value is -1.59. The zero-order valence-corrected chi connectivity index (χ0v) is 10.8. The fourth-order valence-corrected chi connectivity index (χ4v) is 2.00. The molecule has 0 saturated carbocycles. The highest BCUT2D eigenvalue weighted by Gasteiger charge is 2.34. The topological polar surface area (TPSA) is 101 Å². The normalized spacial score (nSPS) is 20.6. The molecule has 1 saturated heterocycles. The molecule has 1 heterocycles. The molecule has 0 aromatic rings. The van der Waals surface area contributed by atoms with Gasteiger partial charge in [-0.2, -0.15) is 0 Å². The summed E-state index contributed by atoms with van der Waals surface area (Å²) in [4.78, 5) is 35.6. The van der Waals surface area contributed by atoms with E-state index in [2.05, 4.69) is 0 Å². The van der Waals surface area contributed by atoms with Gasteiger partial charge in [0.2, 0.25) is 11.8 Å². The Bertz CT molecular complexity index is 365. The lowest BCUT2D eigenvalue weighted by Gasteiger charge is -2.33. The van der Waals surface area contributed by atoms with Gasteiger partial charge in [-0.3, -0.25) is 14.4 Å². The third kappa shape index (κ3) is 3.45. The molecule has 6 nitrogen and oxygen atoms in total. The molecule has 1 aliphatic rings. The number of nitrogens with two attached hydrogens (primary N) is 1. The molecule has 1 fully saturated rings. The number of piperidine rings is 1. The second-order valence-electron chi connectivity index (χ2n) is 5.45. The van der Waals surface area contributed by atoms with Crippen LogP contribution < -0.4 is 5.73 Å². The molecule has 2 amide bonds. The molecule has 1 aliphatic heterocycles. The van der Waals surface area contributed by atoms with Gasteiger partial charge in [-0.05, 0) is 26.7 Å². The van der Waals surface area contributed by atoms with Crippen molar-refractivity contribution in [2.45, 2.75) is 33.1 Å². The van der Waals surface area contributed by atoms with Gasteiger partial charge in [0, 0.05) is 19.5 Å². The first-order valence-electron chi connectivity index (χ1n) is 6.04. The minimum absolute atomic E-state index is 0.0617. The number of nitrogens with zero attached hydrogens (tertiary/aromatic N) is 1. The highest BCUT2D eigenvalue weighted by atomic mass is 16.4. The van der Waals surface area contributed by atoms with Crippen LogP contribution in [0.15, 0.2) is 0 Å². The van der Waals surface area contributed by atoms with Crippen molar-refractivity contribution in [1.82, 2.24) is 4.90 Å². The Balaban J connectivity index is 2.62. The summed E-state index contributed by atoms with van der Waals surface area (Å²) in [6.07, 6.45) is 1.36. The van der Waals surface area contributed by atoms with Gasteiger partial charge in [0.05, 0.1) is 11.3 Å². The van der Waals surface area contributed by atoms with Crippen molar-refractivity contribution in [1.29, 1.82) is 0 Å². The van der Waals surface area contributed by atoms with E-state index in [-0.39, 0.29) is 18.2 Å². The maximum Gasteiger partial charge on any atom is 0.309 e. The number of primary amides is 1. The third-order valence-electron chi connectivity index (χ3n) is 3.35. The molecule has 3 N–H and O–H groups in total. The molecule has 1 rings (SSSR count). The average Bonchev–Trinajstić information content (AvgIpc) is 2.28. The molecule has 0 aromatic carbocycles. The third-order valence-corrected chi connectivity index (χ3v) is 3.35. The quantitative estimate of drug-likeness (QED) is 0.750. The SMILES string of the molecule is CC(C)(CC(=O)N1CCCC(C(N)=O)C1)C(=O)O. The molecule has 0 aliphatic carbocycles. The van der Waals surface area contributed by atoms with E-state index in [9.17, 15) is 14.4 Å². The average molecular weight is 256 g/mol. The second kappa shape index (κ2) is 5.37. The minimum atomic E-state index is -1.09. The molecular weight excluding hydrogens is 236 g/mol. The molecule has 0 aromatic heterocycles. The molecule has 0 spiro atoms. The summed E-state index contributed by atoms with van der Waals surface area (Å²) in [5.74, 6) is -1.94. The van der Waals surface area contributed by atoms with Crippen molar-refractivity contribution in [3.05, 3.63) is 0 Å². The smallest absolute Gasteiger partial charge is 0.309 e. The standard InChI is InChI=1S/C12H20N2O4/c1-12(2,11(17)18)6-9(15)14-5-3-4-8(7-14)10(13)16/h8H,3-7H2,1-2H3,(H2,13,16)(H,17,18). The maximum atomic E-state index is 12.0. The van der Waals surface area contributed by atoms with E-state index in [4.69, 9.17) is 10.8 Å². The second-order valence-corrected chi connectivity index (χ2v) is 5.45. The van der Waals surface area contributed by atoms with E-state index >= 15 is 0 Å². The van der Waals surface area contributed by atoms with Crippen LogP contribution in [0.4, 0.5) is 0 Å².